The van der Waals surface area contributed by atoms with Gasteiger partial charge in [-0.25, -0.2) is 9.59 Å². The summed E-state index contributed by atoms with van der Waals surface area (Å²) in [4.78, 5) is 25.6. The summed E-state index contributed by atoms with van der Waals surface area (Å²) in [7, 11) is 0. The summed E-state index contributed by atoms with van der Waals surface area (Å²) < 4.78 is 5.27. The van der Waals surface area contributed by atoms with Gasteiger partial charge in [-0.15, -0.1) is 0 Å². The number of hydrogen-bond donors (Lipinski definition) is 3. The maximum absolute atomic E-state index is 11.7. The van der Waals surface area contributed by atoms with Gasteiger partial charge in [0.15, 0.2) is 0 Å². The fraction of sp³-hybridized carbons (Fsp3) is 0.895. The molecule has 3 N–H and O–H groups in total. The van der Waals surface area contributed by atoms with Crippen LogP contribution in [0.1, 0.15) is 60.3 Å². The lowest BCUT2D eigenvalue weighted by atomic mass is 10.1. The van der Waals surface area contributed by atoms with Crippen LogP contribution >= 0.6 is 0 Å². The van der Waals surface area contributed by atoms with E-state index in [2.05, 4.69) is 20.9 Å². The van der Waals surface area contributed by atoms with E-state index in [1.807, 2.05) is 34.6 Å². The highest BCUT2D eigenvalue weighted by Crippen LogP contribution is 2.16. The first kappa shape index (κ1) is 22.5. The van der Waals surface area contributed by atoms with Crippen molar-refractivity contribution in [1.29, 1.82) is 0 Å². The van der Waals surface area contributed by atoms with Gasteiger partial charge in [0.25, 0.3) is 0 Å². The number of nitrogens with one attached hydrogen (secondary N) is 3. The van der Waals surface area contributed by atoms with E-state index in [1.54, 1.807) is 0 Å². The Morgan fingerprint density at radius 3 is 2.54 bits per heavy atom. The van der Waals surface area contributed by atoms with Gasteiger partial charge < -0.3 is 25.6 Å². The van der Waals surface area contributed by atoms with Crippen molar-refractivity contribution in [3.63, 3.8) is 0 Å². The van der Waals surface area contributed by atoms with Gasteiger partial charge in [0.2, 0.25) is 0 Å². The van der Waals surface area contributed by atoms with Gasteiger partial charge in [0.1, 0.15) is 5.60 Å². The van der Waals surface area contributed by atoms with E-state index >= 15 is 0 Å². The normalized spacial score (nSPS) is 18.0. The van der Waals surface area contributed by atoms with Crippen LogP contribution in [-0.2, 0) is 4.74 Å². The number of unbranched alkanes of at least 4 members (excludes halogenated alkanes) is 2. The molecule has 0 spiro atoms. The molecule has 0 aromatic heterocycles. The molecule has 1 rings (SSSR count). The van der Waals surface area contributed by atoms with E-state index in [0.717, 1.165) is 51.9 Å². The van der Waals surface area contributed by atoms with Crippen molar-refractivity contribution >= 4 is 12.1 Å². The van der Waals surface area contributed by atoms with Gasteiger partial charge >= 0.3 is 12.1 Å². The molecule has 7 nitrogen and oxygen atoms in total. The molecular weight excluding hydrogens is 332 g/mol. The van der Waals surface area contributed by atoms with Crippen LogP contribution < -0.4 is 16.0 Å². The number of hydrogen-bond acceptors (Lipinski definition) is 4. The highest BCUT2D eigenvalue weighted by atomic mass is 16.6. The van der Waals surface area contributed by atoms with Crippen molar-refractivity contribution in [1.82, 2.24) is 20.9 Å². The van der Waals surface area contributed by atoms with Crippen LogP contribution in [0.4, 0.5) is 9.59 Å². The smallest absolute Gasteiger partial charge is 0.407 e. The van der Waals surface area contributed by atoms with Crippen molar-refractivity contribution < 1.29 is 14.3 Å². The lowest BCUT2D eigenvalue weighted by Gasteiger charge is -2.21. The van der Waals surface area contributed by atoms with E-state index in [9.17, 15) is 9.59 Å². The second-order valence-electron chi connectivity index (χ2n) is 8.45. The molecule has 1 saturated heterocycles. The van der Waals surface area contributed by atoms with E-state index in [1.165, 1.54) is 0 Å². The lowest BCUT2D eigenvalue weighted by molar-refractivity contribution is 0.0519. The largest absolute Gasteiger partial charge is 0.444 e. The minimum atomic E-state index is -0.448. The molecular formula is C19H38N4O3. The van der Waals surface area contributed by atoms with Gasteiger partial charge in [-0.05, 0) is 72.9 Å². The highest BCUT2D eigenvalue weighted by Gasteiger charge is 2.23. The molecule has 26 heavy (non-hydrogen) atoms. The van der Waals surface area contributed by atoms with Crippen LogP contribution in [-0.4, -0.2) is 61.4 Å². The number of alkyl carbamates (subject to hydrolysis) is 1. The predicted octanol–water partition coefficient (Wildman–Crippen LogP) is 2.71. The Kier molecular flexibility index (Phi) is 9.76. The Bertz CT molecular complexity index is 435. The van der Waals surface area contributed by atoms with Crippen molar-refractivity contribution in [2.24, 2.45) is 5.92 Å². The zero-order valence-corrected chi connectivity index (χ0v) is 17.2. The first-order valence-corrected chi connectivity index (χ1v) is 9.89. The molecule has 0 radical (unpaired) electrons. The van der Waals surface area contributed by atoms with Gasteiger partial charge in [-0.2, -0.15) is 0 Å². The summed E-state index contributed by atoms with van der Waals surface area (Å²) >= 11 is 0. The fourth-order valence-electron chi connectivity index (χ4n) is 2.98. The van der Waals surface area contributed by atoms with Crippen LogP contribution in [0.5, 0.6) is 0 Å². The SMILES string of the molecule is CC(C)NC(=O)NCCCCCN1CC[C@H](CNC(=O)OC(C)(C)C)C1. The molecule has 3 amide bonds. The Hall–Kier alpha value is -1.50. The molecule has 0 aromatic rings. The minimum absolute atomic E-state index is 0.0835. The second kappa shape index (κ2) is 11.3. The number of rotatable bonds is 9. The van der Waals surface area contributed by atoms with Crippen LogP contribution in [0, 0.1) is 5.92 Å². The van der Waals surface area contributed by atoms with Crippen LogP contribution in [0.25, 0.3) is 0 Å². The van der Waals surface area contributed by atoms with Gasteiger partial charge in [0, 0.05) is 25.7 Å². The maximum atomic E-state index is 11.7. The molecule has 0 bridgehead atoms. The molecule has 0 unspecified atom stereocenters. The third kappa shape index (κ3) is 11.2. The van der Waals surface area contributed by atoms with Crippen molar-refractivity contribution in [2.75, 3.05) is 32.7 Å². The van der Waals surface area contributed by atoms with Gasteiger partial charge in [-0.1, -0.05) is 6.42 Å². The summed E-state index contributed by atoms with van der Waals surface area (Å²) in [5.41, 5.74) is -0.448. The molecule has 1 aliphatic rings. The molecule has 1 aliphatic heterocycles. The summed E-state index contributed by atoms with van der Waals surface area (Å²) in [5, 5.41) is 8.57. The zero-order valence-electron chi connectivity index (χ0n) is 17.2. The van der Waals surface area contributed by atoms with Crippen molar-refractivity contribution in [2.45, 2.75) is 71.9 Å². The number of amides is 3. The summed E-state index contributed by atoms with van der Waals surface area (Å²) in [6.45, 7) is 14.1. The lowest BCUT2D eigenvalue weighted by Crippen LogP contribution is -2.39. The van der Waals surface area contributed by atoms with Crippen molar-refractivity contribution in [3.05, 3.63) is 0 Å². The molecule has 1 fully saturated rings. The third-order valence-corrected chi connectivity index (χ3v) is 4.16. The number of carbonyl (C=O) groups excluding carboxylic acids is 2. The Balaban J connectivity index is 2.02. The monoisotopic (exact) mass is 370 g/mol. The highest BCUT2D eigenvalue weighted by molar-refractivity contribution is 5.73. The van der Waals surface area contributed by atoms with Crippen LogP contribution in [0.3, 0.4) is 0 Å². The Morgan fingerprint density at radius 1 is 1.15 bits per heavy atom. The van der Waals surface area contributed by atoms with Crippen LogP contribution in [0.2, 0.25) is 0 Å². The number of ether oxygens (including phenoxy) is 1. The standard InChI is InChI=1S/C19H38N4O3/c1-15(2)22-17(24)20-10-7-6-8-11-23-12-9-16(14-23)13-21-18(25)26-19(3,4)5/h15-16H,6-14H2,1-5H3,(H,21,25)(H2,20,22,24)/t16-/m1/s1. The predicted molar refractivity (Wildman–Crippen MR) is 104 cm³/mol. The number of urea groups is 1. The zero-order chi connectivity index (χ0) is 19.6. The molecule has 7 heteroatoms. The van der Waals surface area contributed by atoms with E-state index in [0.29, 0.717) is 12.5 Å². The number of nitrogens with zero attached hydrogens (tertiary/aromatic N) is 1. The number of carbonyl (C=O) groups is 2. The summed E-state index contributed by atoms with van der Waals surface area (Å²) in [6, 6.07) is 0.0859. The van der Waals surface area contributed by atoms with E-state index in [4.69, 9.17) is 4.74 Å². The molecule has 152 valence electrons. The Morgan fingerprint density at radius 2 is 1.88 bits per heavy atom. The maximum Gasteiger partial charge on any atom is 0.407 e. The van der Waals surface area contributed by atoms with Crippen molar-refractivity contribution in [3.8, 4) is 0 Å². The quantitative estimate of drug-likeness (QED) is 0.545. The van der Waals surface area contributed by atoms with Crippen LogP contribution in [0.15, 0.2) is 0 Å². The second-order valence-corrected chi connectivity index (χ2v) is 8.45. The first-order chi connectivity index (χ1) is 12.2. The summed E-state index contributed by atoms with van der Waals surface area (Å²) in [6.07, 6.45) is 4.04. The average molecular weight is 371 g/mol. The first-order valence-electron chi connectivity index (χ1n) is 9.89. The molecule has 1 heterocycles. The fourth-order valence-corrected chi connectivity index (χ4v) is 2.98. The van der Waals surface area contributed by atoms with E-state index < -0.39 is 5.60 Å². The average Bonchev–Trinajstić information content (AvgIpc) is 2.94. The van der Waals surface area contributed by atoms with E-state index in [-0.39, 0.29) is 18.2 Å². The molecule has 0 saturated carbocycles. The van der Waals surface area contributed by atoms with Gasteiger partial charge in [0.05, 0.1) is 0 Å². The van der Waals surface area contributed by atoms with Gasteiger partial charge in [-0.3, -0.25) is 0 Å². The molecule has 0 aliphatic carbocycles. The topological polar surface area (TPSA) is 82.7 Å². The molecule has 0 aromatic carbocycles. The number of likely N-dealkylation sites (tertiary alicyclic amines) is 1. The summed E-state index contributed by atoms with van der Waals surface area (Å²) in [5.74, 6) is 0.504. The Labute approximate surface area is 158 Å². The minimum Gasteiger partial charge on any atom is -0.444 e. The molecule has 1 atom stereocenters. The third-order valence-electron chi connectivity index (χ3n) is 4.16.